The second kappa shape index (κ2) is 8.64. The molecule has 1 N–H and O–H groups in total. The van der Waals surface area contributed by atoms with Crippen molar-refractivity contribution in [2.24, 2.45) is 0 Å². The third-order valence-electron chi connectivity index (χ3n) is 4.33. The number of amides is 2. The molecule has 7 nitrogen and oxygen atoms in total. The standard InChI is InChI=1S/C19H18BrN5O2/c20-16-5-1-3-14(11-16)19(27)23-13-17(26)24-7-9-25(10-8-24)18-15(12-21)4-2-6-22-18/h1-6,11H,7-10,13H2,(H,23,27). The lowest BCUT2D eigenvalue weighted by molar-refractivity contribution is -0.130. The molecule has 1 aromatic carbocycles. The molecule has 0 aliphatic carbocycles. The molecule has 1 aliphatic heterocycles. The predicted molar refractivity (Wildman–Crippen MR) is 104 cm³/mol. The van der Waals surface area contributed by atoms with Crippen LogP contribution in [0.2, 0.25) is 0 Å². The number of piperazine rings is 1. The van der Waals surface area contributed by atoms with Gasteiger partial charge < -0.3 is 15.1 Å². The summed E-state index contributed by atoms with van der Waals surface area (Å²) in [5, 5.41) is 11.9. The summed E-state index contributed by atoms with van der Waals surface area (Å²) < 4.78 is 0.809. The summed E-state index contributed by atoms with van der Waals surface area (Å²) in [6.07, 6.45) is 1.66. The topological polar surface area (TPSA) is 89.3 Å². The first-order valence-corrected chi connectivity index (χ1v) is 9.29. The van der Waals surface area contributed by atoms with Crippen LogP contribution >= 0.6 is 15.9 Å². The van der Waals surface area contributed by atoms with Crippen molar-refractivity contribution >= 4 is 33.6 Å². The van der Waals surface area contributed by atoms with E-state index < -0.39 is 0 Å². The van der Waals surface area contributed by atoms with Crippen LogP contribution in [-0.4, -0.2) is 54.4 Å². The molecular weight excluding hydrogens is 410 g/mol. The normalized spacial score (nSPS) is 13.8. The molecule has 1 aliphatic rings. The minimum absolute atomic E-state index is 0.0433. The van der Waals surface area contributed by atoms with Crippen molar-refractivity contribution in [2.45, 2.75) is 0 Å². The second-order valence-electron chi connectivity index (χ2n) is 6.05. The highest BCUT2D eigenvalue weighted by atomic mass is 79.9. The van der Waals surface area contributed by atoms with Gasteiger partial charge in [0.25, 0.3) is 5.91 Å². The molecule has 8 heteroatoms. The number of carbonyl (C=O) groups is 2. The number of benzene rings is 1. The fraction of sp³-hybridized carbons (Fsp3) is 0.263. The Hall–Kier alpha value is -2.92. The van der Waals surface area contributed by atoms with Gasteiger partial charge in [0.05, 0.1) is 12.1 Å². The van der Waals surface area contributed by atoms with Gasteiger partial charge in [0.15, 0.2) is 0 Å². The van der Waals surface area contributed by atoms with Gasteiger partial charge in [-0.3, -0.25) is 9.59 Å². The number of carbonyl (C=O) groups excluding carboxylic acids is 2. The van der Waals surface area contributed by atoms with E-state index in [1.807, 2.05) is 11.0 Å². The maximum atomic E-state index is 12.4. The summed E-state index contributed by atoms with van der Waals surface area (Å²) in [6, 6.07) is 12.6. The average molecular weight is 428 g/mol. The van der Waals surface area contributed by atoms with Gasteiger partial charge >= 0.3 is 0 Å². The SMILES string of the molecule is N#Cc1cccnc1N1CCN(C(=O)CNC(=O)c2cccc(Br)c2)CC1. The largest absolute Gasteiger partial charge is 0.352 e. The van der Waals surface area contributed by atoms with Crippen LogP contribution in [0.15, 0.2) is 47.1 Å². The lowest BCUT2D eigenvalue weighted by Gasteiger charge is -2.35. The number of nitrogens with zero attached hydrogens (tertiary/aromatic N) is 4. The first-order chi connectivity index (χ1) is 13.1. The minimum Gasteiger partial charge on any atom is -0.352 e. The zero-order valence-corrected chi connectivity index (χ0v) is 16.1. The van der Waals surface area contributed by atoms with Crippen LogP contribution < -0.4 is 10.2 Å². The lowest BCUT2D eigenvalue weighted by Crippen LogP contribution is -2.51. The summed E-state index contributed by atoms with van der Waals surface area (Å²) in [5.41, 5.74) is 1.03. The molecule has 0 unspecified atom stereocenters. The molecule has 3 rings (SSSR count). The van der Waals surface area contributed by atoms with E-state index in [-0.39, 0.29) is 18.4 Å². The van der Waals surface area contributed by atoms with Crippen molar-refractivity contribution in [3.63, 3.8) is 0 Å². The monoisotopic (exact) mass is 427 g/mol. The Morgan fingerprint density at radius 2 is 1.96 bits per heavy atom. The fourth-order valence-corrected chi connectivity index (χ4v) is 3.30. The smallest absolute Gasteiger partial charge is 0.251 e. The number of hydrogen-bond acceptors (Lipinski definition) is 5. The number of pyridine rings is 1. The average Bonchev–Trinajstić information content (AvgIpc) is 2.71. The summed E-state index contributed by atoms with van der Waals surface area (Å²) in [6.45, 7) is 2.19. The third kappa shape index (κ3) is 4.63. The van der Waals surface area contributed by atoms with Crippen LogP contribution in [0.4, 0.5) is 5.82 Å². The maximum Gasteiger partial charge on any atom is 0.251 e. The minimum atomic E-state index is -0.282. The van der Waals surface area contributed by atoms with Crippen LogP contribution in [-0.2, 0) is 4.79 Å². The number of aromatic nitrogens is 1. The number of halogens is 1. The second-order valence-corrected chi connectivity index (χ2v) is 6.96. The van der Waals surface area contributed by atoms with Crippen LogP contribution in [0.1, 0.15) is 15.9 Å². The molecule has 0 saturated carbocycles. The Labute approximate surface area is 165 Å². The van der Waals surface area contributed by atoms with E-state index in [0.29, 0.717) is 43.1 Å². The number of nitriles is 1. The molecular formula is C19H18BrN5O2. The molecule has 0 spiro atoms. The number of hydrogen-bond donors (Lipinski definition) is 1. The van der Waals surface area contributed by atoms with Gasteiger partial charge in [-0.05, 0) is 30.3 Å². The number of rotatable bonds is 4. The van der Waals surface area contributed by atoms with Gasteiger partial charge in [-0.1, -0.05) is 22.0 Å². The molecule has 27 heavy (non-hydrogen) atoms. The quantitative estimate of drug-likeness (QED) is 0.803. The van der Waals surface area contributed by atoms with E-state index in [2.05, 4.69) is 32.3 Å². The van der Waals surface area contributed by atoms with Crippen molar-refractivity contribution < 1.29 is 9.59 Å². The molecule has 2 aromatic rings. The van der Waals surface area contributed by atoms with Crippen LogP contribution in [0.3, 0.4) is 0 Å². The van der Waals surface area contributed by atoms with Crippen molar-refractivity contribution in [3.8, 4) is 6.07 Å². The van der Waals surface area contributed by atoms with Gasteiger partial charge in [-0.15, -0.1) is 0 Å². The Balaban J connectivity index is 1.51. The molecule has 0 bridgehead atoms. The summed E-state index contributed by atoms with van der Waals surface area (Å²) >= 11 is 3.32. The molecule has 2 heterocycles. The van der Waals surface area contributed by atoms with Gasteiger partial charge in [0.2, 0.25) is 5.91 Å². The first-order valence-electron chi connectivity index (χ1n) is 8.50. The highest BCUT2D eigenvalue weighted by molar-refractivity contribution is 9.10. The zero-order valence-electron chi connectivity index (χ0n) is 14.6. The number of anilines is 1. The molecule has 2 amide bonds. The Kier molecular flexibility index (Phi) is 6.04. The van der Waals surface area contributed by atoms with Crippen molar-refractivity contribution in [1.82, 2.24) is 15.2 Å². The molecule has 1 aromatic heterocycles. The maximum absolute atomic E-state index is 12.4. The zero-order chi connectivity index (χ0) is 19.2. The molecule has 1 saturated heterocycles. The summed E-state index contributed by atoms with van der Waals surface area (Å²) in [4.78, 5) is 32.5. The van der Waals surface area contributed by atoms with Crippen molar-refractivity contribution in [3.05, 3.63) is 58.2 Å². The Morgan fingerprint density at radius 3 is 2.67 bits per heavy atom. The van der Waals surface area contributed by atoms with Crippen molar-refractivity contribution in [1.29, 1.82) is 5.26 Å². The van der Waals surface area contributed by atoms with Crippen molar-refractivity contribution in [2.75, 3.05) is 37.6 Å². The van der Waals surface area contributed by atoms with Crippen LogP contribution in [0.25, 0.3) is 0 Å². The fourth-order valence-electron chi connectivity index (χ4n) is 2.90. The molecule has 1 fully saturated rings. The van der Waals surface area contributed by atoms with E-state index in [0.717, 1.165) is 4.47 Å². The Morgan fingerprint density at radius 1 is 1.19 bits per heavy atom. The van der Waals surface area contributed by atoms with Gasteiger partial charge in [-0.25, -0.2) is 4.98 Å². The van der Waals surface area contributed by atoms with E-state index in [4.69, 9.17) is 0 Å². The molecule has 138 valence electrons. The van der Waals surface area contributed by atoms with Crippen LogP contribution in [0.5, 0.6) is 0 Å². The number of nitrogens with one attached hydrogen (secondary N) is 1. The van der Waals surface area contributed by atoms with E-state index in [9.17, 15) is 14.9 Å². The van der Waals surface area contributed by atoms with E-state index >= 15 is 0 Å². The van der Waals surface area contributed by atoms with E-state index in [1.165, 1.54) is 0 Å². The van der Waals surface area contributed by atoms with Crippen LogP contribution in [0, 0.1) is 11.3 Å². The highest BCUT2D eigenvalue weighted by Crippen LogP contribution is 2.18. The lowest BCUT2D eigenvalue weighted by atomic mass is 10.2. The van der Waals surface area contributed by atoms with E-state index in [1.54, 1.807) is 41.4 Å². The molecule has 0 atom stereocenters. The summed E-state index contributed by atoms with van der Waals surface area (Å²) in [7, 11) is 0. The van der Waals surface area contributed by atoms with Gasteiger partial charge in [0, 0.05) is 42.4 Å². The molecule has 0 radical (unpaired) electrons. The van der Waals surface area contributed by atoms with Gasteiger partial charge in [0.1, 0.15) is 11.9 Å². The van der Waals surface area contributed by atoms with Gasteiger partial charge in [-0.2, -0.15) is 5.26 Å². The highest BCUT2D eigenvalue weighted by Gasteiger charge is 2.23. The first kappa shape index (κ1) is 18.9. The Bertz CT molecular complexity index is 888. The third-order valence-corrected chi connectivity index (χ3v) is 4.82. The summed E-state index contributed by atoms with van der Waals surface area (Å²) in [5.74, 6) is 0.241. The predicted octanol–water partition coefficient (Wildman–Crippen LogP) is 1.79.